The predicted molar refractivity (Wildman–Crippen MR) is 62.8 cm³/mol. The average molecular weight is 227 g/mol. The van der Waals surface area contributed by atoms with E-state index in [2.05, 4.69) is 0 Å². The summed E-state index contributed by atoms with van der Waals surface area (Å²) in [6.45, 7) is 10.2. The van der Waals surface area contributed by atoms with Crippen molar-refractivity contribution in [1.29, 1.82) is 0 Å². The van der Waals surface area contributed by atoms with E-state index in [0.717, 1.165) is 6.42 Å². The highest BCUT2D eigenvalue weighted by atomic mass is 28.3. The number of piperidine rings is 1. The first-order valence-electron chi connectivity index (χ1n) is 5.55. The highest BCUT2D eigenvalue weighted by Crippen LogP contribution is 2.36. The van der Waals surface area contributed by atoms with Crippen molar-refractivity contribution in [2.75, 3.05) is 0 Å². The van der Waals surface area contributed by atoms with Crippen molar-refractivity contribution in [2.24, 2.45) is 5.41 Å². The topological polar surface area (TPSA) is 37.4 Å². The third-order valence-corrected chi connectivity index (χ3v) is 5.02. The fourth-order valence-corrected chi connectivity index (χ4v) is 3.74. The summed E-state index contributed by atoms with van der Waals surface area (Å²) in [6, 6.07) is 0. The second-order valence-corrected chi connectivity index (χ2v) is 10.6. The first kappa shape index (κ1) is 12.4. The largest absolute Gasteiger partial charge is 0.312 e. The molecule has 0 spiro atoms. The summed E-state index contributed by atoms with van der Waals surface area (Å²) in [6.07, 6.45) is 1.95. The normalized spacial score (nSPS) is 22.1. The monoisotopic (exact) mass is 227 g/mol. The second kappa shape index (κ2) is 3.74. The first-order valence-corrected chi connectivity index (χ1v) is 9.00. The molecule has 3 nitrogen and oxygen atoms in total. The van der Waals surface area contributed by atoms with Gasteiger partial charge in [-0.05, 0) is 11.8 Å². The Kier molecular flexibility index (Phi) is 3.10. The van der Waals surface area contributed by atoms with E-state index in [1.54, 1.807) is 4.57 Å². The van der Waals surface area contributed by atoms with Crippen molar-refractivity contribution in [1.82, 2.24) is 4.57 Å². The van der Waals surface area contributed by atoms with Crippen LogP contribution < -0.4 is 0 Å². The minimum atomic E-state index is -1.82. The average Bonchev–Trinajstić information content (AvgIpc) is 1.99. The molecule has 0 aromatic rings. The third kappa shape index (κ3) is 2.48. The summed E-state index contributed by atoms with van der Waals surface area (Å²) in [5.41, 5.74) is -0.107. The summed E-state index contributed by atoms with van der Waals surface area (Å²) in [4.78, 5) is 23.9. The van der Waals surface area contributed by atoms with Crippen LogP contribution in [-0.4, -0.2) is 24.6 Å². The molecule has 1 fully saturated rings. The zero-order chi connectivity index (χ0) is 11.9. The number of rotatable bonds is 2. The lowest BCUT2D eigenvalue weighted by molar-refractivity contribution is -0.147. The number of hydrogen-bond acceptors (Lipinski definition) is 2. The van der Waals surface area contributed by atoms with Crippen LogP contribution in [-0.2, 0) is 9.59 Å². The van der Waals surface area contributed by atoms with Crippen molar-refractivity contribution in [3.8, 4) is 0 Å². The lowest BCUT2D eigenvalue weighted by Crippen LogP contribution is -2.57. The van der Waals surface area contributed by atoms with Crippen LogP contribution in [0.4, 0.5) is 0 Å². The van der Waals surface area contributed by atoms with Gasteiger partial charge in [-0.2, -0.15) is 0 Å². The van der Waals surface area contributed by atoms with E-state index < -0.39 is 8.24 Å². The fraction of sp³-hybridized carbons (Fsp3) is 0.818. The zero-order valence-electron chi connectivity index (χ0n) is 10.4. The predicted octanol–water partition coefficient (Wildman–Crippen LogP) is 2.39. The quantitative estimate of drug-likeness (QED) is 0.536. The van der Waals surface area contributed by atoms with Crippen molar-refractivity contribution >= 4 is 20.0 Å². The summed E-state index contributed by atoms with van der Waals surface area (Å²) in [7, 11) is -1.82. The molecule has 0 radical (unpaired) electrons. The van der Waals surface area contributed by atoms with Crippen LogP contribution in [0.25, 0.3) is 0 Å². The Balaban J connectivity index is 2.93. The highest BCUT2D eigenvalue weighted by molar-refractivity contribution is 6.77. The number of nitrogens with zero attached hydrogens (tertiary/aromatic N) is 1. The van der Waals surface area contributed by atoms with Gasteiger partial charge in [0.25, 0.3) is 0 Å². The van der Waals surface area contributed by atoms with E-state index in [0.29, 0.717) is 12.8 Å². The summed E-state index contributed by atoms with van der Waals surface area (Å²) in [5.74, 6) is 0.0736. The van der Waals surface area contributed by atoms with Crippen LogP contribution in [0.5, 0.6) is 0 Å². The van der Waals surface area contributed by atoms with Crippen LogP contribution in [0.2, 0.25) is 19.6 Å². The Morgan fingerprint density at radius 1 is 1.20 bits per heavy atom. The maximum atomic E-state index is 12.0. The molecule has 1 saturated heterocycles. The van der Waals surface area contributed by atoms with Gasteiger partial charge in [-0.25, -0.2) is 0 Å². The summed E-state index contributed by atoms with van der Waals surface area (Å²) < 4.78 is 1.56. The van der Waals surface area contributed by atoms with Gasteiger partial charge in [-0.15, -0.1) is 0 Å². The number of hydrogen-bond donors (Lipinski definition) is 0. The van der Waals surface area contributed by atoms with Crippen molar-refractivity contribution < 1.29 is 9.59 Å². The van der Waals surface area contributed by atoms with Crippen molar-refractivity contribution in [3.63, 3.8) is 0 Å². The molecule has 86 valence electrons. The van der Waals surface area contributed by atoms with Crippen LogP contribution in [0.15, 0.2) is 0 Å². The van der Waals surface area contributed by atoms with E-state index in [-0.39, 0.29) is 17.2 Å². The molecule has 15 heavy (non-hydrogen) atoms. The maximum Gasteiger partial charge on any atom is 0.221 e. The first-order chi connectivity index (χ1) is 6.69. The molecule has 0 N–H and O–H groups in total. The van der Waals surface area contributed by atoms with Crippen molar-refractivity contribution in [2.45, 2.75) is 52.8 Å². The molecule has 0 bridgehead atoms. The molecule has 2 amide bonds. The van der Waals surface area contributed by atoms with Crippen LogP contribution >= 0.6 is 0 Å². The number of carbonyl (C=O) groups is 2. The Labute approximate surface area is 92.9 Å². The molecule has 1 aliphatic rings. The van der Waals surface area contributed by atoms with Crippen LogP contribution in [0.3, 0.4) is 0 Å². The Morgan fingerprint density at radius 3 is 1.87 bits per heavy atom. The van der Waals surface area contributed by atoms with Gasteiger partial charge in [0, 0.05) is 12.8 Å². The number of imide groups is 1. The molecule has 4 heteroatoms. The van der Waals surface area contributed by atoms with E-state index in [9.17, 15) is 9.59 Å². The molecule has 0 aliphatic carbocycles. The maximum absolute atomic E-state index is 12.0. The van der Waals surface area contributed by atoms with E-state index in [1.807, 2.05) is 33.5 Å². The Hall–Kier alpha value is -0.643. The van der Waals surface area contributed by atoms with Crippen molar-refractivity contribution in [3.05, 3.63) is 0 Å². The lowest BCUT2D eigenvalue weighted by Gasteiger charge is -2.42. The molecule has 1 rings (SSSR count). The van der Waals surface area contributed by atoms with Gasteiger partial charge in [0.2, 0.25) is 11.8 Å². The number of amides is 2. The Bertz CT molecular complexity index is 275. The summed E-state index contributed by atoms with van der Waals surface area (Å²) >= 11 is 0. The Morgan fingerprint density at radius 2 is 1.60 bits per heavy atom. The van der Waals surface area contributed by atoms with Gasteiger partial charge >= 0.3 is 0 Å². The van der Waals surface area contributed by atoms with E-state index in [1.165, 1.54) is 0 Å². The molecule has 0 atom stereocenters. The second-order valence-electron chi connectivity index (χ2n) is 5.81. The van der Waals surface area contributed by atoms with Gasteiger partial charge in [-0.3, -0.25) is 9.59 Å². The smallest absolute Gasteiger partial charge is 0.221 e. The van der Waals surface area contributed by atoms with Crippen LogP contribution in [0, 0.1) is 5.41 Å². The zero-order valence-corrected chi connectivity index (χ0v) is 11.4. The van der Waals surface area contributed by atoms with Gasteiger partial charge in [0.1, 0.15) is 0 Å². The molecule has 0 aromatic carbocycles. The lowest BCUT2D eigenvalue weighted by atomic mass is 9.78. The van der Waals surface area contributed by atoms with E-state index >= 15 is 0 Å². The standard InChI is InChI=1S/C11H21NO2Si/c1-6-11(2)7-9(13)12(10(14)8-11)15(3,4)5/h6-8H2,1-5H3. The minimum Gasteiger partial charge on any atom is -0.312 e. The molecule has 1 heterocycles. The van der Waals surface area contributed by atoms with Gasteiger partial charge in [0.05, 0.1) is 0 Å². The summed E-state index contributed by atoms with van der Waals surface area (Å²) in [5, 5.41) is 0. The van der Waals surface area contributed by atoms with Crippen LogP contribution in [0.1, 0.15) is 33.1 Å². The van der Waals surface area contributed by atoms with Gasteiger partial charge < -0.3 is 4.57 Å². The molecule has 0 saturated carbocycles. The third-order valence-electron chi connectivity index (χ3n) is 3.18. The van der Waals surface area contributed by atoms with Gasteiger partial charge in [0.15, 0.2) is 8.24 Å². The minimum absolute atomic E-state index is 0.0368. The molecular weight excluding hydrogens is 206 g/mol. The molecule has 1 aliphatic heterocycles. The van der Waals surface area contributed by atoms with E-state index in [4.69, 9.17) is 0 Å². The fourth-order valence-electron chi connectivity index (χ4n) is 2.09. The molecule has 0 aromatic heterocycles. The van der Waals surface area contributed by atoms with Gasteiger partial charge in [-0.1, -0.05) is 33.5 Å². The molecule has 0 unspecified atom stereocenters. The molecular formula is C11H21NO2Si. The SMILES string of the molecule is CCC1(C)CC(=O)N([Si](C)(C)C)C(=O)C1. The highest BCUT2D eigenvalue weighted by Gasteiger charge is 2.43. The number of carbonyl (C=O) groups excluding carboxylic acids is 2.